The second-order valence-corrected chi connectivity index (χ2v) is 8.81. The molecule has 0 spiro atoms. The van der Waals surface area contributed by atoms with Crippen LogP contribution in [0.4, 0.5) is 6.01 Å². The van der Waals surface area contributed by atoms with Crippen LogP contribution in [0, 0.1) is 17.2 Å². The summed E-state index contributed by atoms with van der Waals surface area (Å²) in [6.07, 6.45) is 3.15. The molecule has 0 aromatic carbocycles. The summed E-state index contributed by atoms with van der Waals surface area (Å²) in [4.78, 5) is 11.4. The minimum absolute atomic E-state index is 0.0615. The number of piperidine rings is 1. The Kier molecular flexibility index (Phi) is 8.79. The molecule has 1 aromatic rings. The van der Waals surface area contributed by atoms with Crippen LogP contribution >= 0.6 is 11.8 Å². The zero-order valence-corrected chi connectivity index (χ0v) is 18.8. The third-order valence-electron chi connectivity index (χ3n) is 5.64. The molecule has 1 fully saturated rings. The van der Waals surface area contributed by atoms with Crippen molar-refractivity contribution < 1.29 is 9.26 Å². The van der Waals surface area contributed by atoms with Crippen LogP contribution < -0.4 is 4.90 Å². The lowest BCUT2D eigenvalue weighted by atomic mass is 9.92. The molecule has 1 saturated heterocycles. The molecule has 0 amide bonds. The van der Waals surface area contributed by atoms with Crippen LogP contribution in [-0.4, -0.2) is 46.2 Å². The van der Waals surface area contributed by atoms with Gasteiger partial charge in [0.05, 0.1) is 11.6 Å². The summed E-state index contributed by atoms with van der Waals surface area (Å²) in [5.74, 6) is 1.96. The molecule has 0 bridgehead atoms. The normalized spacial score (nSPS) is 19.5. The SMILES string of the molecule is CCC(C)[C@H](C)N=C(O[C@@H](C)C1CCN(c2nc(C(C)C)no2)CC1)SC=N. The van der Waals surface area contributed by atoms with Gasteiger partial charge in [-0.3, -0.25) is 0 Å². The van der Waals surface area contributed by atoms with Crippen molar-refractivity contribution in [2.45, 2.75) is 78.9 Å². The predicted octanol–water partition coefficient (Wildman–Crippen LogP) is 4.95. The van der Waals surface area contributed by atoms with Gasteiger partial charge in [0.1, 0.15) is 6.10 Å². The van der Waals surface area contributed by atoms with Crippen LogP contribution in [-0.2, 0) is 4.74 Å². The van der Waals surface area contributed by atoms with Crippen LogP contribution in [0.15, 0.2) is 9.52 Å². The third-order valence-corrected chi connectivity index (χ3v) is 6.17. The van der Waals surface area contributed by atoms with Gasteiger partial charge < -0.3 is 19.6 Å². The summed E-state index contributed by atoms with van der Waals surface area (Å²) >= 11 is 1.25. The Morgan fingerprint density at radius 3 is 2.54 bits per heavy atom. The summed E-state index contributed by atoms with van der Waals surface area (Å²) < 4.78 is 11.6. The third kappa shape index (κ3) is 6.22. The van der Waals surface area contributed by atoms with Gasteiger partial charge in [-0.2, -0.15) is 4.98 Å². The van der Waals surface area contributed by atoms with Crippen molar-refractivity contribution in [1.82, 2.24) is 10.1 Å². The zero-order chi connectivity index (χ0) is 20.7. The van der Waals surface area contributed by atoms with Gasteiger partial charge in [0.15, 0.2) is 5.82 Å². The fraction of sp³-hybridized carbons (Fsp3) is 0.800. The Morgan fingerprint density at radius 2 is 2.00 bits per heavy atom. The standard InChI is InChI=1S/C20H35N5O2S/c1-7-14(4)15(5)22-20(28-12-21)26-16(6)17-8-10-25(11-9-17)19-23-18(13(2)3)24-27-19/h12-17,21H,7-11H2,1-6H3/t14?,15-,16-/m0/s1. The lowest BCUT2D eigenvalue weighted by molar-refractivity contribution is 0.124. The van der Waals surface area contributed by atoms with Gasteiger partial charge >= 0.3 is 6.01 Å². The second kappa shape index (κ2) is 10.8. The van der Waals surface area contributed by atoms with Gasteiger partial charge in [0, 0.05) is 19.0 Å². The Morgan fingerprint density at radius 1 is 1.32 bits per heavy atom. The maximum absolute atomic E-state index is 7.42. The van der Waals surface area contributed by atoms with E-state index in [2.05, 4.69) is 56.6 Å². The van der Waals surface area contributed by atoms with Crippen LogP contribution in [0.25, 0.3) is 0 Å². The number of aliphatic imine (C=N–C) groups is 1. The highest BCUT2D eigenvalue weighted by molar-refractivity contribution is 8.24. The van der Waals surface area contributed by atoms with Crippen LogP contribution in [0.1, 0.15) is 72.5 Å². The average Bonchev–Trinajstić information content (AvgIpc) is 3.18. The molecule has 0 radical (unpaired) electrons. The summed E-state index contributed by atoms with van der Waals surface area (Å²) in [7, 11) is 0. The van der Waals surface area contributed by atoms with Gasteiger partial charge in [-0.05, 0) is 50.3 Å². The van der Waals surface area contributed by atoms with Crippen molar-refractivity contribution in [2.75, 3.05) is 18.0 Å². The van der Waals surface area contributed by atoms with E-state index in [4.69, 9.17) is 19.7 Å². The molecule has 1 N–H and O–H groups in total. The highest BCUT2D eigenvalue weighted by atomic mass is 32.2. The van der Waals surface area contributed by atoms with E-state index in [1.54, 1.807) is 0 Å². The maximum atomic E-state index is 7.42. The Hall–Kier alpha value is -1.57. The monoisotopic (exact) mass is 409 g/mol. The zero-order valence-electron chi connectivity index (χ0n) is 18.0. The fourth-order valence-electron chi connectivity index (χ4n) is 3.18. The van der Waals surface area contributed by atoms with Gasteiger partial charge in [0.2, 0.25) is 0 Å². The Labute approximate surface area is 173 Å². The van der Waals surface area contributed by atoms with Crippen molar-refractivity contribution in [2.24, 2.45) is 16.8 Å². The summed E-state index contributed by atoms with van der Waals surface area (Å²) in [6, 6.07) is 0.814. The Balaban J connectivity index is 1.91. The van der Waals surface area contributed by atoms with Gasteiger partial charge in [-0.1, -0.05) is 39.3 Å². The number of nitrogens with zero attached hydrogens (tertiary/aromatic N) is 4. The van der Waals surface area contributed by atoms with Crippen molar-refractivity contribution in [3.8, 4) is 0 Å². The van der Waals surface area contributed by atoms with E-state index in [9.17, 15) is 0 Å². The molecule has 1 unspecified atom stereocenters. The predicted molar refractivity (Wildman–Crippen MR) is 117 cm³/mol. The van der Waals surface area contributed by atoms with Crippen LogP contribution in [0.2, 0.25) is 0 Å². The van der Waals surface area contributed by atoms with Gasteiger partial charge in [0.25, 0.3) is 5.23 Å². The topological polar surface area (TPSA) is 87.6 Å². The number of ether oxygens (including phenoxy) is 1. The number of nitrogens with one attached hydrogen (secondary N) is 1. The van der Waals surface area contributed by atoms with Crippen LogP contribution in [0.3, 0.4) is 0 Å². The molecule has 0 saturated carbocycles. The molecule has 1 aromatic heterocycles. The fourth-order valence-corrected chi connectivity index (χ4v) is 3.71. The molecule has 2 rings (SSSR count). The Bertz CT molecular complexity index is 640. The quantitative estimate of drug-likeness (QED) is 0.483. The molecule has 1 aliphatic rings. The lowest BCUT2D eigenvalue weighted by Gasteiger charge is -2.33. The molecule has 1 aliphatic heterocycles. The van der Waals surface area contributed by atoms with Crippen molar-refractivity contribution in [1.29, 1.82) is 5.41 Å². The maximum Gasteiger partial charge on any atom is 0.324 e. The smallest absolute Gasteiger partial charge is 0.324 e. The molecule has 7 nitrogen and oxygen atoms in total. The van der Waals surface area contributed by atoms with E-state index in [0.29, 0.717) is 23.1 Å². The second-order valence-electron chi connectivity index (χ2n) is 7.99. The first-order valence-electron chi connectivity index (χ1n) is 10.3. The summed E-state index contributed by atoms with van der Waals surface area (Å²) in [5, 5.41) is 12.1. The molecule has 2 heterocycles. The van der Waals surface area contributed by atoms with E-state index in [1.165, 1.54) is 17.3 Å². The molecule has 28 heavy (non-hydrogen) atoms. The van der Waals surface area contributed by atoms with E-state index in [0.717, 1.165) is 38.2 Å². The summed E-state index contributed by atoms with van der Waals surface area (Å²) in [5.41, 5.74) is 1.29. The van der Waals surface area contributed by atoms with Crippen molar-refractivity contribution in [3.63, 3.8) is 0 Å². The van der Waals surface area contributed by atoms with Gasteiger partial charge in [-0.25, -0.2) is 4.99 Å². The van der Waals surface area contributed by atoms with Crippen molar-refractivity contribution >= 4 is 28.6 Å². The molecular weight excluding hydrogens is 374 g/mol. The first-order valence-corrected chi connectivity index (χ1v) is 11.2. The molecule has 0 aliphatic carbocycles. The number of thioether (sulfide) groups is 1. The van der Waals surface area contributed by atoms with Crippen LogP contribution in [0.5, 0.6) is 0 Å². The lowest BCUT2D eigenvalue weighted by Crippen LogP contribution is -2.38. The van der Waals surface area contributed by atoms with E-state index < -0.39 is 0 Å². The number of anilines is 1. The number of rotatable bonds is 8. The number of hydrogen-bond acceptors (Lipinski definition) is 8. The number of aromatic nitrogens is 2. The number of hydrogen-bond donors (Lipinski definition) is 1. The highest BCUT2D eigenvalue weighted by Gasteiger charge is 2.28. The highest BCUT2D eigenvalue weighted by Crippen LogP contribution is 2.27. The minimum Gasteiger partial charge on any atom is -0.469 e. The van der Waals surface area contributed by atoms with E-state index in [-0.39, 0.29) is 18.1 Å². The minimum atomic E-state index is 0.0615. The first-order chi connectivity index (χ1) is 13.3. The molecule has 8 heteroatoms. The van der Waals surface area contributed by atoms with E-state index in [1.807, 2.05) is 0 Å². The average molecular weight is 410 g/mol. The molecular formula is C20H35N5O2S. The summed E-state index contributed by atoms with van der Waals surface area (Å²) in [6.45, 7) is 14.5. The molecule has 3 atom stereocenters. The van der Waals surface area contributed by atoms with Crippen molar-refractivity contribution in [3.05, 3.63) is 5.82 Å². The van der Waals surface area contributed by atoms with Gasteiger partial charge in [-0.15, -0.1) is 0 Å². The molecule has 158 valence electrons. The van der Waals surface area contributed by atoms with E-state index >= 15 is 0 Å². The largest absolute Gasteiger partial charge is 0.469 e. The first kappa shape index (κ1) is 22.7.